The first-order chi connectivity index (χ1) is 8.11. The fraction of sp³-hybridized carbons (Fsp3) is 0.308. The molecule has 0 saturated heterocycles. The van der Waals surface area contributed by atoms with E-state index in [-0.39, 0.29) is 5.82 Å². The number of benzene rings is 1. The van der Waals surface area contributed by atoms with Crippen molar-refractivity contribution in [2.45, 2.75) is 26.3 Å². The number of hydrogen-bond acceptors (Lipinski definition) is 1. The van der Waals surface area contributed by atoms with Crippen LogP contribution in [0.25, 0.3) is 11.3 Å². The second kappa shape index (κ2) is 5.00. The number of halogens is 2. The molecule has 0 amide bonds. The molecule has 0 aliphatic carbocycles. The topological polar surface area (TPSA) is 17.8 Å². The zero-order valence-electron chi connectivity index (χ0n) is 9.82. The monoisotopic (exact) mass is 296 g/mol. The van der Waals surface area contributed by atoms with Crippen molar-refractivity contribution >= 4 is 15.9 Å². The van der Waals surface area contributed by atoms with Crippen molar-refractivity contribution in [3.8, 4) is 11.3 Å². The largest absolute Gasteiger partial charge is 0.268 e. The summed E-state index contributed by atoms with van der Waals surface area (Å²) in [5.74, 6) is -0.230. The maximum Gasteiger partial charge on any atom is 0.123 e. The van der Waals surface area contributed by atoms with Gasteiger partial charge in [-0.3, -0.25) is 4.68 Å². The third-order valence-electron chi connectivity index (χ3n) is 2.85. The van der Waals surface area contributed by atoms with Gasteiger partial charge in [0.2, 0.25) is 0 Å². The second-order valence-electron chi connectivity index (χ2n) is 4.07. The quantitative estimate of drug-likeness (QED) is 0.820. The Morgan fingerprint density at radius 2 is 2.00 bits per heavy atom. The molecule has 1 unspecified atom stereocenters. The molecule has 1 aromatic heterocycles. The SMILES string of the molecule is CCC(C)n1cc(Br)c(-c2ccc(F)cc2)n1. The Morgan fingerprint density at radius 1 is 1.35 bits per heavy atom. The smallest absolute Gasteiger partial charge is 0.123 e. The van der Waals surface area contributed by atoms with Crippen LogP contribution in [0, 0.1) is 5.82 Å². The average molecular weight is 297 g/mol. The molecular weight excluding hydrogens is 283 g/mol. The summed E-state index contributed by atoms with van der Waals surface area (Å²) in [6.07, 6.45) is 2.99. The lowest BCUT2D eigenvalue weighted by Crippen LogP contribution is -2.03. The van der Waals surface area contributed by atoms with Gasteiger partial charge in [-0.25, -0.2) is 4.39 Å². The fourth-order valence-electron chi connectivity index (χ4n) is 1.59. The van der Waals surface area contributed by atoms with E-state index in [1.165, 1.54) is 12.1 Å². The van der Waals surface area contributed by atoms with Gasteiger partial charge in [-0.1, -0.05) is 6.92 Å². The van der Waals surface area contributed by atoms with E-state index in [4.69, 9.17) is 0 Å². The number of aromatic nitrogens is 2. The molecule has 0 N–H and O–H groups in total. The first kappa shape index (κ1) is 12.3. The standard InChI is InChI=1S/C13H14BrFN2/c1-3-9(2)17-8-12(14)13(16-17)10-4-6-11(15)7-5-10/h4-9H,3H2,1-2H3. The summed E-state index contributed by atoms with van der Waals surface area (Å²) in [5, 5.41) is 4.53. The molecule has 0 aliphatic rings. The molecule has 0 spiro atoms. The van der Waals surface area contributed by atoms with E-state index in [1.54, 1.807) is 12.1 Å². The van der Waals surface area contributed by atoms with Gasteiger partial charge in [-0.05, 0) is 53.5 Å². The van der Waals surface area contributed by atoms with E-state index in [1.807, 2.05) is 10.9 Å². The predicted octanol–water partition coefficient (Wildman–Crippen LogP) is 4.42. The molecule has 2 nitrogen and oxygen atoms in total. The van der Waals surface area contributed by atoms with Crippen LogP contribution < -0.4 is 0 Å². The van der Waals surface area contributed by atoms with Crippen molar-refractivity contribution in [2.75, 3.05) is 0 Å². The van der Waals surface area contributed by atoms with E-state index >= 15 is 0 Å². The average Bonchev–Trinajstić information content (AvgIpc) is 2.71. The molecular formula is C13H14BrFN2. The van der Waals surface area contributed by atoms with Crippen molar-refractivity contribution in [3.05, 3.63) is 40.8 Å². The molecule has 90 valence electrons. The molecule has 1 aromatic carbocycles. The summed E-state index contributed by atoms with van der Waals surface area (Å²) in [5.41, 5.74) is 1.77. The summed E-state index contributed by atoms with van der Waals surface area (Å²) in [6, 6.07) is 6.74. The van der Waals surface area contributed by atoms with Gasteiger partial charge in [0.25, 0.3) is 0 Å². The third-order valence-corrected chi connectivity index (χ3v) is 3.43. The Labute approximate surface area is 109 Å². The fourth-order valence-corrected chi connectivity index (χ4v) is 2.10. The van der Waals surface area contributed by atoms with Crippen molar-refractivity contribution in [3.63, 3.8) is 0 Å². The summed E-state index contributed by atoms with van der Waals surface area (Å²) in [7, 11) is 0. The van der Waals surface area contributed by atoms with Crippen molar-refractivity contribution < 1.29 is 4.39 Å². The highest BCUT2D eigenvalue weighted by molar-refractivity contribution is 9.10. The Kier molecular flexibility index (Phi) is 3.62. The Morgan fingerprint density at radius 3 is 2.59 bits per heavy atom. The minimum absolute atomic E-state index is 0.230. The van der Waals surface area contributed by atoms with Crippen LogP contribution in [0.1, 0.15) is 26.3 Å². The summed E-state index contributed by atoms with van der Waals surface area (Å²) < 4.78 is 15.7. The molecule has 1 atom stereocenters. The molecule has 0 bridgehead atoms. The number of hydrogen-bond donors (Lipinski definition) is 0. The van der Waals surface area contributed by atoms with Gasteiger partial charge in [-0.15, -0.1) is 0 Å². The summed E-state index contributed by atoms with van der Waals surface area (Å²) in [4.78, 5) is 0. The van der Waals surface area contributed by atoms with Crippen LogP contribution in [0.3, 0.4) is 0 Å². The molecule has 0 saturated carbocycles. The van der Waals surface area contributed by atoms with E-state index in [9.17, 15) is 4.39 Å². The van der Waals surface area contributed by atoms with Gasteiger partial charge in [-0.2, -0.15) is 5.10 Å². The molecule has 1 heterocycles. The van der Waals surface area contributed by atoms with Crippen molar-refractivity contribution in [2.24, 2.45) is 0 Å². The van der Waals surface area contributed by atoms with Crippen LogP contribution in [0.15, 0.2) is 34.9 Å². The normalized spacial score (nSPS) is 12.7. The van der Waals surface area contributed by atoms with Gasteiger partial charge in [0.05, 0.1) is 4.47 Å². The molecule has 0 aliphatic heterocycles. The van der Waals surface area contributed by atoms with Crippen molar-refractivity contribution in [1.29, 1.82) is 0 Å². The molecule has 2 rings (SSSR count). The van der Waals surface area contributed by atoms with E-state index in [2.05, 4.69) is 34.9 Å². The van der Waals surface area contributed by atoms with Gasteiger partial charge >= 0.3 is 0 Å². The zero-order valence-corrected chi connectivity index (χ0v) is 11.4. The van der Waals surface area contributed by atoms with Crippen LogP contribution in [-0.4, -0.2) is 9.78 Å². The van der Waals surface area contributed by atoms with Crippen LogP contribution in [0.5, 0.6) is 0 Å². The maximum atomic E-state index is 12.9. The lowest BCUT2D eigenvalue weighted by atomic mass is 10.1. The highest BCUT2D eigenvalue weighted by atomic mass is 79.9. The van der Waals surface area contributed by atoms with Gasteiger partial charge < -0.3 is 0 Å². The minimum Gasteiger partial charge on any atom is -0.268 e. The molecule has 4 heteroatoms. The van der Waals surface area contributed by atoms with E-state index < -0.39 is 0 Å². The third kappa shape index (κ3) is 2.57. The molecule has 2 aromatic rings. The molecule has 17 heavy (non-hydrogen) atoms. The lowest BCUT2D eigenvalue weighted by molar-refractivity contribution is 0.479. The maximum absolute atomic E-state index is 12.9. The van der Waals surface area contributed by atoms with E-state index in [0.29, 0.717) is 6.04 Å². The van der Waals surface area contributed by atoms with Gasteiger partial charge in [0.1, 0.15) is 11.5 Å². The van der Waals surface area contributed by atoms with E-state index in [0.717, 1.165) is 22.2 Å². The highest BCUT2D eigenvalue weighted by Crippen LogP contribution is 2.28. The molecule has 0 fully saturated rings. The van der Waals surface area contributed by atoms with Gasteiger partial charge in [0, 0.05) is 17.8 Å². The van der Waals surface area contributed by atoms with Crippen LogP contribution >= 0.6 is 15.9 Å². The second-order valence-corrected chi connectivity index (χ2v) is 4.92. The van der Waals surface area contributed by atoms with Crippen LogP contribution in [-0.2, 0) is 0 Å². The Hall–Kier alpha value is -1.16. The first-order valence-electron chi connectivity index (χ1n) is 5.62. The van der Waals surface area contributed by atoms with Crippen LogP contribution in [0.2, 0.25) is 0 Å². The Balaban J connectivity index is 2.39. The lowest BCUT2D eigenvalue weighted by Gasteiger charge is -2.07. The summed E-state index contributed by atoms with van der Waals surface area (Å²) >= 11 is 3.49. The minimum atomic E-state index is -0.230. The summed E-state index contributed by atoms with van der Waals surface area (Å²) in [6.45, 7) is 4.24. The number of rotatable bonds is 3. The van der Waals surface area contributed by atoms with Crippen LogP contribution in [0.4, 0.5) is 4.39 Å². The number of nitrogens with zero attached hydrogens (tertiary/aromatic N) is 2. The molecule has 0 radical (unpaired) electrons. The highest BCUT2D eigenvalue weighted by Gasteiger charge is 2.11. The van der Waals surface area contributed by atoms with Gasteiger partial charge in [0.15, 0.2) is 0 Å². The van der Waals surface area contributed by atoms with Crippen molar-refractivity contribution in [1.82, 2.24) is 9.78 Å². The first-order valence-corrected chi connectivity index (χ1v) is 6.41. The predicted molar refractivity (Wildman–Crippen MR) is 70.3 cm³/mol. The Bertz CT molecular complexity index is 505. The zero-order chi connectivity index (χ0) is 12.4.